The highest BCUT2D eigenvalue weighted by atomic mass is 19.4. The van der Waals surface area contributed by atoms with Gasteiger partial charge < -0.3 is 15.4 Å². The third-order valence-corrected chi connectivity index (χ3v) is 3.78. The summed E-state index contributed by atoms with van der Waals surface area (Å²) in [6, 6.07) is 3.98. The highest BCUT2D eigenvalue weighted by molar-refractivity contribution is 5.89. The molecule has 0 aliphatic carbocycles. The van der Waals surface area contributed by atoms with Crippen LogP contribution in [0, 0.1) is 5.92 Å². The van der Waals surface area contributed by atoms with Gasteiger partial charge in [-0.25, -0.2) is 4.79 Å². The van der Waals surface area contributed by atoms with Gasteiger partial charge in [-0.2, -0.15) is 13.2 Å². The van der Waals surface area contributed by atoms with Crippen molar-refractivity contribution < 1.29 is 22.7 Å². The maximum atomic E-state index is 12.7. The number of hydrogen-bond acceptors (Lipinski definition) is 3. The molecule has 1 aromatic carbocycles. The van der Waals surface area contributed by atoms with Crippen LogP contribution in [0.4, 0.5) is 23.7 Å². The van der Waals surface area contributed by atoms with E-state index in [-0.39, 0.29) is 11.8 Å². The number of urea groups is 1. The summed E-state index contributed by atoms with van der Waals surface area (Å²) in [6.07, 6.45) is -4.57. The van der Waals surface area contributed by atoms with E-state index in [9.17, 15) is 18.0 Å². The van der Waals surface area contributed by atoms with Crippen LogP contribution in [0.2, 0.25) is 0 Å². The molecule has 5 nitrogen and oxygen atoms in total. The molecule has 2 N–H and O–H groups in total. The van der Waals surface area contributed by atoms with Crippen molar-refractivity contribution in [3.63, 3.8) is 0 Å². The van der Waals surface area contributed by atoms with Crippen molar-refractivity contribution in [2.24, 2.45) is 5.92 Å². The van der Waals surface area contributed by atoms with Crippen molar-refractivity contribution in [2.45, 2.75) is 26.1 Å². The number of benzene rings is 1. The first-order chi connectivity index (χ1) is 11.7. The molecule has 0 aromatic heterocycles. The normalized spacial score (nSPS) is 19.0. The van der Waals surface area contributed by atoms with E-state index in [2.05, 4.69) is 29.4 Å². The summed E-state index contributed by atoms with van der Waals surface area (Å²) < 4.78 is 43.6. The molecule has 1 fully saturated rings. The van der Waals surface area contributed by atoms with E-state index in [1.807, 2.05) is 0 Å². The predicted octanol–water partition coefficient (Wildman–Crippen LogP) is 3.18. The predicted molar refractivity (Wildman–Crippen MR) is 89.5 cm³/mol. The second-order valence-corrected chi connectivity index (χ2v) is 6.56. The molecule has 0 saturated carbocycles. The summed E-state index contributed by atoms with van der Waals surface area (Å²) >= 11 is 0. The minimum absolute atomic E-state index is 0.0957. The Labute approximate surface area is 145 Å². The number of amides is 2. The van der Waals surface area contributed by atoms with Gasteiger partial charge in [0.15, 0.2) is 0 Å². The molecule has 1 saturated heterocycles. The molecular weight excluding hydrogens is 335 g/mol. The van der Waals surface area contributed by atoms with Gasteiger partial charge >= 0.3 is 12.2 Å². The summed E-state index contributed by atoms with van der Waals surface area (Å²) in [7, 11) is 0. The summed E-state index contributed by atoms with van der Waals surface area (Å²) in [5, 5.41) is 5.07. The fourth-order valence-electron chi connectivity index (χ4n) is 2.74. The van der Waals surface area contributed by atoms with E-state index >= 15 is 0 Å². The molecule has 1 aliphatic rings. The van der Waals surface area contributed by atoms with Crippen molar-refractivity contribution in [3.05, 3.63) is 29.8 Å². The summed E-state index contributed by atoms with van der Waals surface area (Å²) in [6.45, 7) is 7.76. The zero-order valence-electron chi connectivity index (χ0n) is 14.4. The molecular formula is C17H24F3N3O2. The number of nitrogens with zero attached hydrogens (tertiary/aromatic N) is 1. The van der Waals surface area contributed by atoms with Crippen LogP contribution in [0.3, 0.4) is 0 Å². The van der Waals surface area contributed by atoms with E-state index in [4.69, 9.17) is 4.74 Å². The average molecular weight is 359 g/mol. The lowest BCUT2D eigenvalue weighted by atomic mass is 10.2. The smallest absolute Gasteiger partial charge is 0.374 e. The van der Waals surface area contributed by atoms with E-state index in [0.717, 1.165) is 31.8 Å². The third-order valence-electron chi connectivity index (χ3n) is 3.78. The Balaban J connectivity index is 1.81. The number of nitrogens with one attached hydrogen (secondary N) is 2. The molecule has 0 radical (unpaired) electrons. The molecule has 1 aromatic rings. The Morgan fingerprint density at radius 2 is 2.16 bits per heavy atom. The number of carbonyl (C=O) groups is 1. The molecule has 8 heteroatoms. The van der Waals surface area contributed by atoms with Gasteiger partial charge in [-0.3, -0.25) is 4.90 Å². The molecule has 1 atom stereocenters. The molecule has 0 bridgehead atoms. The lowest BCUT2D eigenvalue weighted by Gasteiger charge is -2.33. The Bertz CT molecular complexity index is 579. The first-order valence-corrected chi connectivity index (χ1v) is 8.30. The first kappa shape index (κ1) is 19.5. The van der Waals surface area contributed by atoms with Gasteiger partial charge in [0, 0.05) is 31.9 Å². The third kappa shape index (κ3) is 6.55. The Kier molecular flexibility index (Phi) is 6.66. The zero-order valence-corrected chi connectivity index (χ0v) is 14.4. The van der Waals surface area contributed by atoms with Gasteiger partial charge in [0.1, 0.15) is 0 Å². The number of morpholine rings is 1. The Morgan fingerprint density at radius 3 is 2.84 bits per heavy atom. The Hall–Kier alpha value is -1.80. The van der Waals surface area contributed by atoms with Gasteiger partial charge in [-0.05, 0) is 24.1 Å². The van der Waals surface area contributed by atoms with Gasteiger partial charge in [-0.15, -0.1) is 0 Å². The van der Waals surface area contributed by atoms with Crippen LogP contribution in [0.15, 0.2) is 24.3 Å². The van der Waals surface area contributed by atoms with Crippen molar-refractivity contribution in [2.75, 3.05) is 38.1 Å². The van der Waals surface area contributed by atoms with Crippen molar-refractivity contribution >= 4 is 11.7 Å². The number of rotatable bonds is 5. The van der Waals surface area contributed by atoms with Crippen molar-refractivity contribution in [1.29, 1.82) is 0 Å². The van der Waals surface area contributed by atoms with Crippen LogP contribution in [-0.2, 0) is 10.9 Å². The molecule has 25 heavy (non-hydrogen) atoms. The second-order valence-electron chi connectivity index (χ2n) is 6.56. The molecule has 1 unspecified atom stereocenters. The quantitative estimate of drug-likeness (QED) is 0.849. The van der Waals surface area contributed by atoms with Crippen LogP contribution in [-0.4, -0.2) is 49.8 Å². The minimum atomic E-state index is -4.44. The highest BCUT2D eigenvalue weighted by Gasteiger charge is 2.30. The fourth-order valence-corrected chi connectivity index (χ4v) is 2.74. The number of alkyl halides is 3. The van der Waals surface area contributed by atoms with Gasteiger partial charge in [0.25, 0.3) is 0 Å². The topological polar surface area (TPSA) is 53.6 Å². The maximum absolute atomic E-state index is 12.7. The van der Waals surface area contributed by atoms with Crippen molar-refractivity contribution in [1.82, 2.24) is 10.2 Å². The maximum Gasteiger partial charge on any atom is 0.416 e. The molecule has 0 spiro atoms. The van der Waals surface area contributed by atoms with Gasteiger partial charge in [-0.1, -0.05) is 19.9 Å². The lowest BCUT2D eigenvalue weighted by molar-refractivity contribution is -0.137. The number of ether oxygens (including phenoxy) is 1. The van der Waals surface area contributed by atoms with Crippen LogP contribution in [0.25, 0.3) is 0 Å². The molecule has 1 aliphatic heterocycles. The largest absolute Gasteiger partial charge is 0.416 e. The van der Waals surface area contributed by atoms with Crippen LogP contribution >= 0.6 is 0 Å². The zero-order chi connectivity index (χ0) is 18.4. The second kappa shape index (κ2) is 8.53. The molecule has 2 rings (SSSR count). The fraction of sp³-hybridized carbons (Fsp3) is 0.588. The van der Waals surface area contributed by atoms with Gasteiger partial charge in [0.05, 0.1) is 18.3 Å². The minimum Gasteiger partial charge on any atom is -0.374 e. The standard InChI is InChI=1S/C17H24F3N3O2/c1-12(2)10-23-6-7-25-15(11-23)9-21-16(24)22-14-5-3-4-13(8-14)17(18,19)20/h3-5,8,12,15H,6-7,9-11H2,1-2H3,(H2,21,22,24). The number of anilines is 1. The average Bonchev–Trinajstić information content (AvgIpc) is 2.52. The van der Waals surface area contributed by atoms with E-state index in [1.54, 1.807) is 0 Å². The summed E-state index contributed by atoms with van der Waals surface area (Å²) in [5.74, 6) is 0.552. The van der Waals surface area contributed by atoms with E-state index in [0.29, 0.717) is 19.1 Å². The highest BCUT2D eigenvalue weighted by Crippen LogP contribution is 2.30. The SMILES string of the molecule is CC(C)CN1CCOC(CNC(=O)Nc2cccc(C(F)(F)F)c2)C1. The van der Waals surface area contributed by atoms with E-state index in [1.165, 1.54) is 12.1 Å². The van der Waals surface area contributed by atoms with Crippen molar-refractivity contribution in [3.8, 4) is 0 Å². The lowest BCUT2D eigenvalue weighted by Crippen LogP contribution is -2.48. The first-order valence-electron chi connectivity index (χ1n) is 8.30. The number of carbonyl (C=O) groups excluding carboxylic acids is 1. The summed E-state index contributed by atoms with van der Waals surface area (Å²) in [4.78, 5) is 14.2. The summed E-state index contributed by atoms with van der Waals surface area (Å²) in [5.41, 5.74) is -0.705. The van der Waals surface area contributed by atoms with Crippen LogP contribution in [0.1, 0.15) is 19.4 Å². The van der Waals surface area contributed by atoms with E-state index < -0.39 is 17.8 Å². The monoisotopic (exact) mass is 359 g/mol. The number of hydrogen-bond donors (Lipinski definition) is 2. The number of halogens is 3. The van der Waals surface area contributed by atoms with Gasteiger partial charge in [0.2, 0.25) is 0 Å². The molecule has 1 heterocycles. The molecule has 140 valence electrons. The van der Waals surface area contributed by atoms with Crippen LogP contribution in [0.5, 0.6) is 0 Å². The Morgan fingerprint density at radius 1 is 1.40 bits per heavy atom. The van der Waals surface area contributed by atoms with Crippen LogP contribution < -0.4 is 10.6 Å². The molecule has 2 amide bonds.